The maximum Gasteiger partial charge on any atom is 0.326 e. The van der Waals surface area contributed by atoms with Crippen molar-refractivity contribution in [1.29, 1.82) is 0 Å². The zero-order chi connectivity index (χ0) is 14.3. The third-order valence-electron chi connectivity index (χ3n) is 3.17. The first kappa shape index (κ1) is 15.3. The number of carboxylic acids is 2. The minimum Gasteiger partial charge on any atom is -0.481 e. The van der Waals surface area contributed by atoms with E-state index in [9.17, 15) is 14.4 Å². The van der Waals surface area contributed by atoms with Crippen molar-refractivity contribution in [2.45, 2.75) is 57.0 Å². The van der Waals surface area contributed by atoms with Crippen molar-refractivity contribution in [2.24, 2.45) is 0 Å². The number of aliphatic carboxylic acids is 2. The van der Waals surface area contributed by atoms with Gasteiger partial charge in [0, 0.05) is 6.04 Å². The molecule has 1 atom stereocenters. The zero-order valence-corrected chi connectivity index (χ0v) is 10.7. The van der Waals surface area contributed by atoms with Crippen LogP contribution in [0.2, 0.25) is 0 Å². The zero-order valence-electron chi connectivity index (χ0n) is 10.7. The van der Waals surface area contributed by atoms with Crippen molar-refractivity contribution >= 4 is 18.0 Å². The summed E-state index contributed by atoms with van der Waals surface area (Å²) < 4.78 is 0. The normalized spacial score (nSPS) is 18.1. The van der Waals surface area contributed by atoms with Crippen LogP contribution in [-0.2, 0) is 9.59 Å². The van der Waals surface area contributed by atoms with Gasteiger partial charge in [0.1, 0.15) is 6.04 Å². The van der Waals surface area contributed by atoms with E-state index in [1.54, 1.807) is 0 Å². The molecule has 0 heterocycles. The molecule has 19 heavy (non-hydrogen) atoms. The summed E-state index contributed by atoms with van der Waals surface area (Å²) in [5, 5.41) is 22.3. The highest BCUT2D eigenvalue weighted by Gasteiger charge is 2.24. The second kappa shape index (κ2) is 7.60. The highest BCUT2D eigenvalue weighted by Crippen LogP contribution is 2.17. The topological polar surface area (TPSA) is 116 Å². The summed E-state index contributed by atoms with van der Waals surface area (Å²) in [6.45, 7) is 0. The molecule has 2 amide bonds. The Morgan fingerprint density at radius 1 is 1.05 bits per heavy atom. The molecule has 0 aromatic heterocycles. The predicted octanol–water partition coefficient (Wildman–Crippen LogP) is 0.936. The summed E-state index contributed by atoms with van der Waals surface area (Å²) in [5.41, 5.74) is 0. The molecular formula is C12H20N2O5. The average molecular weight is 272 g/mol. The van der Waals surface area contributed by atoms with Crippen molar-refractivity contribution in [3.05, 3.63) is 0 Å². The molecule has 0 saturated heterocycles. The summed E-state index contributed by atoms with van der Waals surface area (Å²) >= 11 is 0. The second-order valence-electron chi connectivity index (χ2n) is 4.79. The number of rotatable bonds is 5. The Labute approximate surface area is 111 Å². The van der Waals surface area contributed by atoms with Crippen molar-refractivity contribution in [3.8, 4) is 0 Å². The van der Waals surface area contributed by atoms with Crippen molar-refractivity contribution in [2.75, 3.05) is 0 Å². The molecule has 0 radical (unpaired) electrons. The molecule has 1 fully saturated rings. The fourth-order valence-corrected chi connectivity index (χ4v) is 2.18. The van der Waals surface area contributed by atoms with E-state index in [4.69, 9.17) is 10.2 Å². The van der Waals surface area contributed by atoms with E-state index in [-0.39, 0.29) is 6.04 Å². The van der Waals surface area contributed by atoms with Crippen LogP contribution in [0.1, 0.15) is 44.9 Å². The molecule has 7 heteroatoms. The third kappa shape index (κ3) is 6.08. The molecule has 0 aromatic carbocycles. The first-order valence-corrected chi connectivity index (χ1v) is 6.50. The van der Waals surface area contributed by atoms with Crippen LogP contribution in [0.15, 0.2) is 0 Å². The largest absolute Gasteiger partial charge is 0.481 e. The van der Waals surface area contributed by atoms with Gasteiger partial charge in [0.15, 0.2) is 0 Å². The van der Waals surface area contributed by atoms with Crippen LogP contribution in [0, 0.1) is 0 Å². The molecule has 1 aliphatic rings. The Kier molecular flexibility index (Phi) is 6.11. The minimum absolute atomic E-state index is 0.0433. The van der Waals surface area contributed by atoms with Gasteiger partial charge in [-0.25, -0.2) is 9.59 Å². The van der Waals surface area contributed by atoms with Crippen LogP contribution in [0.3, 0.4) is 0 Å². The van der Waals surface area contributed by atoms with Gasteiger partial charge in [-0.05, 0) is 12.8 Å². The molecule has 1 unspecified atom stereocenters. The second-order valence-corrected chi connectivity index (χ2v) is 4.79. The van der Waals surface area contributed by atoms with Gasteiger partial charge in [0.05, 0.1) is 6.42 Å². The summed E-state index contributed by atoms with van der Waals surface area (Å²) in [7, 11) is 0. The standard InChI is InChI=1S/C12H20N2O5/c15-10(16)7-9(11(17)18)14-12(19)13-8-5-3-1-2-4-6-8/h8-9H,1-7H2,(H,15,16)(H,17,18)(H2,13,14,19). The fraction of sp³-hybridized carbons (Fsp3) is 0.750. The number of hydrogen-bond donors (Lipinski definition) is 4. The molecule has 1 aliphatic carbocycles. The first-order valence-electron chi connectivity index (χ1n) is 6.50. The lowest BCUT2D eigenvalue weighted by molar-refractivity contribution is -0.145. The number of hydrogen-bond acceptors (Lipinski definition) is 3. The quantitative estimate of drug-likeness (QED) is 0.556. The molecule has 4 N–H and O–H groups in total. The highest BCUT2D eigenvalue weighted by atomic mass is 16.4. The van der Waals surface area contributed by atoms with Gasteiger partial charge in [-0.1, -0.05) is 25.7 Å². The lowest BCUT2D eigenvalue weighted by Gasteiger charge is -2.19. The van der Waals surface area contributed by atoms with Gasteiger partial charge in [-0.2, -0.15) is 0 Å². The summed E-state index contributed by atoms with van der Waals surface area (Å²) in [5.74, 6) is -2.61. The van der Waals surface area contributed by atoms with Crippen molar-refractivity contribution < 1.29 is 24.6 Å². The number of urea groups is 1. The van der Waals surface area contributed by atoms with Crippen LogP contribution in [0.4, 0.5) is 4.79 Å². The van der Waals surface area contributed by atoms with Gasteiger partial charge in [0.25, 0.3) is 0 Å². The van der Waals surface area contributed by atoms with E-state index < -0.39 is 30.4 Å². The van der Waals surface area contributed by atoms with Crippen molar-refractivity contribution in [1.82, 2.24) is 10.6 Å². The van der Waals surface area contributed by atoms with E-state index in [1.807, 2.05) is 0 Å². The summed E-state index contributed by atoms with van der Waals surface area (Å²) in [6.07, 6.45) is 5.51. The number of carbonyl (C=O) groups is 3. The number of carbonyl (C=O) groups excluding carboxylic acids is 1. The predicted molar refractivity (Wildman–Crippen MR) is 66.8 cm³/mol. The Hall–Kier alpha value is -1.79. The van der Waals surface area contributed by atoms with Crippen LogP contribution < -0.4 is 10.6 Å². The molecule has 7 nitrogen and oxygen atoms in total. The SMILES string of the molecule is O=C(O)CC(NC(=O)NC1CCCCCC1)C(=O)O. The molecule has 0 bridgehead atoms. The number of nitrogens with one attached hydrogen (secondary N) is 2. The summed E-state index contributed by atoms with van der Waals surface area (Å²) in [4.78, 5) is 32.9. The van der Waals surface area contributed by atoms with Crippen LogP contribution >= 0.6 is 0 Å². The number of carboxylic acid groups (broad SMARTS) is 2. The molecule has 0 aromatic rings. The van der Waals surface area contributed by atoms with Crippen LogP contribution in [0.25, 0.3) is 0 Å². The molecule has 0 aliphatic heterocycles. The Balaban J connectivity index is 2.42. The fourth-order valence-electron chi connectivity index (χ4n) is 2.18. The highest BCUT2D eigenvalue weighted by molar-refractivity contribution is 5.86. The maximum absolute atomic E-state index is 11.6. The third-order valence-corrected chi connectivity index (χ3v) is 3.17. The molecular weight excluding hydrogens is 252 g/mol. The van der Waals surface area contributed by atoms with Crippen molar-refractivity contribution in [3.63, 3.8) is 0 Å². The molecule has 1 saturated carbocycles. The minimum atomic E-state index is -1.40. The van der Waals surface area contributed by atoms with E-state index in [0.717, 1.165) is 38.5 Å². The van der Waals surface area contributed by atoms with E-state index in [0.29, 0.717) is 0 Å². The lowest BCUT2D eigenvalue weighted by Crippen LogP contribution is -2.49. The van der Waals surface area contributed by atoms with Gasteiger partial charge >= 0.3 is 18.0 Å². The Morgan fingerprint density at radius 3 is 2.11 bits per heavy atom. The Bertz CT molecular complexity index is 337. The summed E-state index contributed by atoms with van der Waals surface area (Å²) in [6, 6.07) is -1.97. The molecule has 1 rings (SSSR count). The smallest absolute Gasteiger partial charge is 0.326 e. The van der Waals surface area contributed by atoms with Gasteiger partial charge < -0.3 is 20.8 Å². The monoisotopic (exact) mass is 272 g/mol. The average Bonchev–Trinajstić information content (AvgIpc) is 2.56. The van der Waals surface area contributed by atoms with Crippen LogP contribution in [-0.4, -0.2) is 40.3 Å². The molecule has 108 valence electrons. The number of amides is 2. The van der Waals surface area contributed by atoms with Crippen LogP contribution in [0.5, 0.6) is 0 Å². The van der Waals surface area contributed by atoms with Gasteiger partial charge in [0.2, 0.25) is 0 Å². The Morgan fingerprint density at radius 2 is 1.63 bits per heavy atom. The van der Waals surface area contributed by atoms with E-state index in [2.05, 4.69) is 10.6 Å². The first-order chi connectivity index (χ1) is 8.99. The van der Waals surface area contributed by atoms with Gasteiger partial charge in [-0.3, -0.25) is 4.79 Å². The van der Waals surface area contributed by atoms with E-state index in [1.165, 1.54) is 0 Å². The lowest BCUT2D eigenvalue weighted by atomic mass is 10.1. The van der Waals surface area contributed by atoms with Gasteiger partial charge in [-0.15, -0.1) is 0 Å². The maximum atomic E-state index is 11.6. The van der Waals surface area contributed by atoms with E-state index >= 15 is 0 Å². The molecule has 0 spiro atoms.